The first kappa shape index (κ1) is 29.2. The van der Waals surface area contributed by atoms with E-state index in [0.717, 1.165) is 36.3 Å². The fourth-order valence-corrected chi connectivity index (χ4v) is 6.18. The summed E-state index contributed by atoms with van der Waals surface area (Å²) in [6.07, 6.45) is -2.97. The fourth-order valence-electron chi connectivity index (χ4n) is 6.18. The SMILES string of the molecule is CC(C[C@@H](C(=O)N[C@@H]1CC[C@H]2CN(Cc3ccc(F)c(C(F)(F)F)c3)C[C@H]21)N(C)C(=O)O)CC(C)(C)C. The molecule has 1 aliphatic heterocycles. The first-order valence-electron chi connectivity index (χ1n) is 12.9. The number of carbonyl (C=O) groups is 2. The van der Waals surface area contributed by atoms with Crippen molar-refractivity contribution < 1.29 is 32.3 Å². The Kier molecular flexibility index (Phi) is 8.82. The summed E-state index contributed by atoms with van der Waals surface area (Å²) < 4.78 is 53.0. The second kappa shape index (κ2) is 11.2. The van der Waals surface area contributed by atoms with Crippen LogP contribution in [-0.2, 0) is 17.5 Å². The summed E-state index contributed by atoms with van der Waals surface area (Å²) in [5.74, 6) is -1.01. The molecule has 1 aromatic carbocycles. The van der Waals surface area contributed by atoms with Crippen LogP contribution < -0.4 is 5.32 Å². The minimum atomic E-state index is -4.75. The van der Waals surface area contributed by atoms with E-state index in [-0.39, 0.29) is 35.7 Å². The number of nitrogens with zero attached hydrogens (tertiary/aromatic N) is 2. The third-order valence-electron chi connectivity index (χ3n) is 7.66. The van der Waals surface area contributed by atoms with E-state index in [2.05, 4.69) is 26.1 Å². The average molecular weight is 530 g/mol. The molecule has 1 heterocycles. The molecule has 3 rings (SSSR count). The third-order valence-corrected chi connectivity index (χ3v) is 7.66. The number of hydrogen-bond donors (Lipinski definition) is 2. The lowest BCUT2D eigenvalue weighted by Crippen LogP contribution is -2.52. The predicted molar refractivity (Wildman–Crippen MR) is 132 cm³/mol. The molecule has 208 valence electrons. The second-order valence-electron chi connectivity index (χ2n) is 12.1. The summed E-state index contributed by atoms with van der Waals surface area (Å²) in [7, 11) is 1.42. The highest BCUT2D eigenvalue weighted by Crippen LogP contribution is 2.39. The van der Waals surface area contributed by atoms with Gasteiger partial charge in [-0.15, -0.1) is 0 Å². The van der Waals surface area contributed by atoms with E-state index in [0.29, 0.717) is 31.0 Å². The molecule has 5 atom stereocenters. The van der Waals surface area contributed by atoms with Crippen LogP contribution in [0.1, 0.15) is 64.5 Å². The number of likely N-dealkylation sites (tertiary alicyclic amines) is 1. The van der Waals surface area contributed by atoms with Gasteiger partial charge in [0.1, 0.15) is 11.9 Å². The van der Waals surface area contributed by atoms with Crippen LogP contribution in [0.5, 0.6) is 0 Å². The number of benzene rings is 1. The molecule has 2 amide bonds. The van der Waals surface area contributed by atoms with E-state index in [4.69, 9.17) is 0 Å². The minimum absolute atomic E-state index is 0.0552. The number of carbonyl (C=O) groups excluding carboxylic acids is 1. The summed E-state index contributed by atoms with van der Waals surface area (Å²) in [5.41, 5.74) is -0.811. The molecule has 6 nitrogen and oxygen atoms in total. The smallest absolute Gasteiger partial charge is 0.419 e. The van der Waals surface area contributed by atoms with Crippen molar-refractivity contribution >= 4 is 12.0 Å². The zero-order valence-corrected chi connectivity index (χ0v) is 22.2. The lowest BCUT2D eigenvalue weighted by molar-refractivity contribution is -0.140. The van der Waals surface area contributed by atoms with Crippen LogP contribution in [-0.4, -0.2) is 59.1 Å². The monoisotopic (exact) mass is 529 g/mol. The highest BCUT2D eigenvalue weighted by molar-refractivity contribution is 5.85. The minimum Gasteiger partial charge on any atom is -0.465 e. The van der Waals surface area contributed by atoms with Gasteiger partial charge in [0.05, 0.1) is 5.56 Å². The molecule has 0 bridgehead atoms. The van der Waals surface area contributed by atoms with Crippen molar-refractivity contribution in [2.24, 2.45) is 23.2 Å². The quantitative estimate of drug-likeness (QED) is 0.430. The number of hydrogen-bond acceptors (Lipinski definition) is 3. The normalized spacial score (nSPS) is 24.0. The highest BCUT2D eigenvalue weighted by Gasteiger charge is 2.44. The van der Waals surface area contributed by atoms with Gasteiger partial charge in [-0.2, -0.15) is 13.2 Å². The summed E-state index contributed by atoms with van der Waals surface area (Å²) in [6, 6.07) is 2.18. The lowest BCUT2D eigenvalue weighted by Gasteiger charge is -2.31. The predicted octanol–water partition coefficient (Wildman–Crippen LogP) is 5.61. The Balaban J connectivity index is 1.64. The number of amides is 2. The standard InChI is InChI=1S/C27H39F4N3O3/c1-16(12-26(2,3)4)10-23(33(5)25(36)37)24(35)32-22-9-7-18-14-34(15-19(18)22)13-17-6-8-21(28)20(11-17)27(29,30)31/h6,8,11,16,18-19,22-23H,7,9-10,12-15H2,1-5H3,(H,32,35)(H,36,37)/t16?,18-,19+,22+,23-/m0/s1. The second-order valence-corrected chi connectivity index (χ2v) is 12.1. The van der Waals surface area contributed by atoms with E-state index < -0.39 is 29.7 Å². The molecule has 1 saturated heterocycles. The maximum atomic E-state index is 13.7. The number of nitrogens with one attached hydrogen (secondary N) is 1. The molecule has 1 aromatic rings. The Morgan fingerprint density at radius 2 is 1.86 bits per heavy atom. The van der Waals surface area contributed by atoms with Gasteiger partial charge in [-0.05, 0) is 66.5 Å². The molecular weight excluding hydrogens is 490 g/mol. The summed E-state index contributed by atoms with van der Waals surface area (Å²) >= 11 is 0. The molecule has 0 spiro atoms. The van der Waals surface area contributed by atoms with Crippen molar-refractivity contribution in [3.05, 3.63) is 35.1 Å². The van der Waals surface area contributed by atoms with Crippen LogP contribution in [0.2, 0.25) is 0 Å². The van der Waals surface area contributed by atoms with Crippen LogP contribution in [0.25, 0.3) is 0 Å². The number of rotatable bonds is 8. The highest BCUT2D eigenvalue weighted by atomic mass is 19.4. The van der Waals surface area contributed by atoms with Crippen molar-refractivity contribution in [1.82, 2.24) is 15.1 Å². The number of carboxylic acid groups (broad SMARTS) is 1. The van der Waals surface area contributed by atoms with E-state index in [1.807, 2.05) is 11.8 Å². The van der Waals surface area contributed by atoms with Crippen LogP contribution in [0, 0.1) is 29.0 Å². The van der Waals surface area contributed by atoms with E-state index in [1.54, 1.807) is 0 Å². The van der Waals surface area contributed by atoms with Gasteiger partial charge in [-0.3, -0.25) is 14.6 Å². The lowest BCUT2D eigenvalue weighted by atomic mass is 9.82. The Hall–Kier alpha value is -2.36. The van der Waals surface area contributed by atoms with Gasteiger partial charge in [0, 0.05) is 32.7 Å². The van der Waals surface area contributed by atoms with Crippen LogP contribution in [0.15, 0.2) is 18.2 Å². The van der Waals surface area contributed by atoms with Crippen LogP contribution in [0.3, 0.4) is 0 Å². The summed E-state index contributed by atoms with van der Waals surface area (Å²) in [5, 5.41) is 12.7. The topological polar surface area (TPSA) is 72.9 Å². The fraction of sp³-hybridized carbons (Fsp3) is 0.704. The van der Waals surface area contributed by atoms with Gasteiger partial charge in [-0.1, -0.05) is 33.8 Å². The van der Waals surface area contributed by atoms with Gasteiger partial charge in [0.15, 0.2) is 0 Å². The zero-order chi connectivity index (χ0) is 27.7. The van der Waals surface area contributed by atoms with Gasteiger partial charge in [0.2, 0.25) is 5.91 Å². The Morgan fingerprint density at radius 1 is 1.19 bits per heavy atom. The first-order valence-corrected chi connectivity index (χ1v) is 12.9. The maximum Gasteiger partial charge on any atom is 0.419 e. The molecule has 10 heteroatoms. The molecule has 0 radical (unpaired) electrons. The number of halogens is 4. The molecule has 2 fully saturated rings. The molecule has 1 saturated carbocycles. The molecule has 2 aliphatic rings. The van der Waals surface area contributed by atoms with Gasteiger partial charge in [0.25, 0.3) is 0 Å². The van der Waals surface area contributed by atoms with Crippen molar-refractivity contribution in [1.29, 1.82) is 0 Å². The van der Waals surface area contributed by atoms with Crippen LogP contribution >= 0.6 is 0 Å². The average Bonchev–Trinajstić information content (AvgIpc) is 3.31. The van der Waals surface area contributed by atoms with Gasteiger partial charge >= 0.3 is 12.3 Å². The zero-order valence-electron chi connectivity index (χ0n) is 22.2. The Labute approximate surface area is 216 Å². The van der Waals surface area contributed by atoms with Crippen molar-refractivity contribution in [2.75, 3.05) is 20.1 Å². The van der Waals surface area contributed by atoms with Gasteiger partial charge < -0.3 is 10.4 Å². The number of likely N-dealkylation sites (N-methyl/N-ethyl adjacent to an activating group) is 1. The molecule has 1 unspecified atom stereocenters. The van der Waals surface area contributed by atoms with E-state index in [1.165, 1.54) is 13.1 Å². The molecule has 2 N–H and O–H groups in total. The molecule has 1 aliphatic carbocycles. The van der Waals surface area contributed by atoms with E-state index >= 15 is 0 Å². The number of fused-ring (bicyclic) bond motifs is 1. The van der Waals surface area contributed by atoms with Crippen molar-refractivity contribution in [3.63, 3.8) is 0 Å². The largest absolute Gasteiger partial charge is 0.465 e. The Morgan fingerprint density at radius 3 is 2.46 bits per heavy atom. The van der Waals surface area contributed by atoms with Crippen molar-refractivity contribution in [2.45, 2.75) is 78.2 Å². The maximum absolute atomic E-state index is 13.7. The van der Waals surface area contributed by atoms with Gasteiger partial charge in [-0.25, -0.2) is 9.18 Å². The number of alkyl halides is 3. The molecular formula is C27H39F4N3O3. The first-order chi connectivity index (χ1) is 17.0. The van der Waals surface area contributed by atoms with Crippen LogP contribution in [0.4, 0.5) is 22.4 Å². The molecule has 0 aromatic heterocycles. The molecule has 37 heavy (non-hydrogen) atoms. The summed E-state index contributed by atoms with van der Waals surface area (Å²) in [6.45, 7) is 9.93. The third kappa shape index (κ3) is 7.58. The summed E-state index contributed by atoms with van der Waals surface area (Å²) in [4.78, 5) is 28.1. The Bertz CT molecular complexity index is 979. The van der Waals surface area contributed by atoms with Crippen molar-refractivity contribution in [3.8, 4) is 0 Å². The van der Waals surface area contributed by atoms with E-state index in [9.17, 15) is 32.3 Å².